The van der Waals surface area contributed by atoms with Gasteiger partial charge in [0.2, 0.25) is 5.91 Å². The molecule has 0 saturated carbocycles. The number of rotatable bonds is 3. The van der Waals surface area contributed by atoms with E-state index >= 15 is 0 Å². The molecule has 2 aliphatic heterocycles. The number of benzene rings is 2. The number of halogens is 4. The molecule has 0 aromatic heterocycles. The van der Waals surface area contributed by atoms with Crippen molar-refractivity contribution in [3.8, 4) is 6.07 Å². The van der Waals surface area contributed by atoms with E-state index in [1.807, 2.05) is 4.90 Å². The molecule has 2 N–H and O–H groups in total. The zero-order valence-corrected chi connectivity index (χ0v) is 18.9. The number of nitrogens with two attached hydrogens (primary N) is 1. The first kappa shape index (κ1) is 23.9. The summed E-state index contributed by atoms with van der Waals surface area (Å²) in [4.78, 5) is 28.7. The van der Waals surface area contributed by atoms with E-state index < -0.39 is 29.3 Å². The van der Waals surface area contributed by atoms with E-state index in [4.69, 9.17) is 22.6 Å². The minimum absolute atomic E-state index is 0.285. The summed E-state index contributed by atoms with van der Waals surface area (Å²) in [5.41, 5.74) is 4.56. The highest BCUT2D eigenvalue weighted by Crippen LogP contribution is 2.45. The number of nitrogens with zero attached hydrogens (tertiary/aromatic N) is 3. The van der Waals surface area contributed by atoms with Crippen molar-refractivity contribution < 1.29 is 22.8 Å². The molecular formula is C24H22ClF3N4O2. The molecule has 0 aliphatic carbocycles. The van der Waals surface area contributed by atoms with Gasteiger partial charge in [0.15, 0.2) is 0 Å². The van der Waals surface area contributed by atoms with Crippen LogP contribution in [0, 0.1) is 16.7 Å². The van der Waals surface area contributed by atoms with Crippen molar-refractivity contribution >= 4 is 29.1 Å². The lowest BCUT2D eigenvalue weighted by atomic mass is 9.76. The standard InChI is InChI=1S/C24H22ClF3N4O2/c25-19-4-2-1-3-17(19)22(34)32-14-23(12-20(32)21(30)33)7-9-31(10-8-23)16-6-5-15(13-29)18(11-16)24(26,27)28/h1-6,11,20H,7-10,12,14H2,(H2,30,33). The molecular weight excluding hydrogens is 469 g/mol. The highest BCUT2D eigenvalue weighted by molar-refractivity contribution is 6.33. The van der Waals surface area contributed by atoms with Gasteiger partial charge in [0.05, 0.1) is 27.8 Å². The van der Waals surface area contributed by atoms with Gasteiger partial charge in [-0.05, 0) is 55.0 Å². The van der Waals surface area contributed by atoms with Gasteiger partial charge in [0.1, 0.15) is 6.04 Å². The number of nitriles is 1. The molecule has 2 aliphatic rings. The molecule has 1 spiro atoms. The van der Waals surface area contributed by atoms with Crippen LogP contribution in [0.5, 0.6) is 0 Å². The van der Waals surface area contributed by atoms with E-state index in [0.717, 1.165) is 6.07 Å². The highest BCUT2D eigenvalue weighted by atomic mass is 35.5. The Morgan fingerprint density at radius 2 is 1.82 bits per heavy atom. The summed E-state index contributed by atoms with van der Waals surface area (Å²) in [5.74, 6) is -0.961. The van der Waals surface area contributed by atoms with Crippen LogP contribution >= 0.6 is 11.6 Å². The summed E-state index contributed by atoms with van der Waals surface area (Å²) in [6.45, 7) is 1.21. The van der Waals surface area contributed by atoms with Crippen molar-refractivity contribution in [2.45, 2.75) is 31.5 Å². The first-order valence-corrected chi connectivity index (χ1v) is 11.1. The van der Waals surface area contributed by atoms with Crippen LogP contribution in [0.25, 0.3) is 0 Å². The van der Waals surface area contributed by atoms with Gasteiger partial charge in [-0.1, -0.05) is 23.7 Å². The third kappa shape index (κ3) is 4.42. The largest absolute Gasteiger partial charge is 0.417 e. The molecule has 2 aromatic rings. The smallest absolute Gasteiger partial charge is 0.371 e. The van der Waals surface area contributed by atoms with Gasteiger partial charge in [0.25, 0.3) is 5.91 Å². The summed E-state index contributed by atoms with van der Waals surface area (Å²) < 4.78 is 40.1. The van der Waals surface area contributed by atoms with Gasteiger partial charge in [-0.3, -0.25) is 9.59 Å². The minimum Gasteiger partial charge on any atom is -0.371 e. The summed E-state index contributed by atoms with van der Waals surface area (Å²) in [7, 11) is 0. The number of amides is 2. The molecule has 2 heterocycles. The minimum atomic E-state index is -4.63. The summed E-state index contributed by atoms with van der Waals surface area (Å²) in [5, 5.41) is 9.30. The van der Waals surface area contributed by atoms with E-state index in [0.29, 0.717) is 50.1 Å². The Bertz CT molecular complexity index is 1170. The Kier molecular flexibility index (Phi) is 6.21. The molecule has 2 saturated heterocycles. The Labute approximate surface area is 199 Å². The number of primary amides is 1. The van der Waals surface area contributed by atoms with E-state index in [1.165, 1.54) is 17.0 Å². The number of likely N-dealkylation sites (tertiary alicyclic amines) is 1. The molecule has 34 heavy (non-hydrogen) atoms. The van der Waals surface area contributed by atoms with Crippen molar-refractivity contribution in [3.63, 3.8) is 0 Å². The lowest BCUT2D eigenvalue weighted by Gasteiger charge is -2.40. The topological polar surface area (TPSA) is 90.4 Å². The van der Waals surface area contributed by atoms with Gasteiger partial charge >= 0.3 is 6.18 Å². The third-order valence-corrected chi connectivity index (χ3v) is 7.15. The number of carbonyl (C=O) groups excluding carboxylic acids is 2. The van der Waals surface area contributed by atoms with Gasteiger partial charge in [0, 0.05) is 25.3 Å². The second-order valence-electron chi connectivity index (χ2n) is 8.86. The highest BCUT2D eigenvalue weighted by Gasteiger charge is 2.49. The van der Waals surface area contributed by atoms with Crippen LogP contribution in [0.4, 0.5) is 18.9 Å². The van der Waals surface area contributed by atoms with Gasteiger partial charge in [-0.15, -0.1) is 0 Å². The molecule has 178 valence electrons. The molecule has 2 amide bonds. The van der Waals surface area contributed by atoms with Crippen molar-refractivity contribution in [1.29, 1.82) is 5.26 Å². The number of alkyl halides is 3. The molecule has 0 bridgehead atoms. The van der Waals surface area contributed by atoms with Crippen LogP contribution in [0.15, 0.2) is 42.5 Å². The molecule has 2 fully saturated rings. The van der Waals surface area contributed by atoms with Crippen molar-refractivity contribution in [2.24, 2.45) is 11.1 Å². The number of piperidine rings is 1. The third-order valence-electron chi connectivity index (χ3n) is 6.82. The van der Waals surface area contributed by atoms with Crippen molar-refractivity contribution in [3.05, 3.63) is 64.2 Å². The van der Waals surface area contributed by atoms with Crippen molar-refractivity contribution in [2.75, 3.05) is 24.5 Å². The predicted octanol–water partition coefficient (Wildman–Crippen LogP) is 4.22. The molecule has 4 rings (SSSR count). The van der Waals surface area contributed by atoms with Crippen LogP contribution < -0.4 is 10.6 Å². The van der Waals surface area contributed by atoms with E-state index in [-0.39, 0.29) is 16.3 Å². The normalized spacial score (nSPS) is 19.8. The van der Waals surface area contributed by atoms with E-state index in [9.17, 15) is 22.8 Å². The predicted molar refractivity (Wildman–Crippen MR) is 120 cm³/mol. The van der Waals surface area contributed by atoms with E-state index in [1.54, 1.807) is 30.3 Å². The molecule has 6 nitrogen and oxygen atoms in total. The van der Waals surface area contributed by atoms with Crippen molar-refractivity contribution in [1.82, 2.24) is 4.90 Å². The van der Waals surface area contributed by atoms with Crippen LogP contribution in [0.3, 0.4) is 0 Å². The Morgan fingerprint density at radius 3 is 2.41 bits per heavy atom. The maximum atomic E-state index is 13.4. The van der Waals surface area contributed by atoms with Gasteiger partial charge in [-0.2, -0.15) is 18.4 Å². The average Bonchev–Trinajstić information content (AvgIpc) is 3.18. The van der Waals surface area contributed by atoms with Gasteiger partial charge < -0.3 is 15.5 Å². The lowest BCUT2D eigenvalue weighted by molar-refractivity contribution is -0.137. The fourth-order valence-corrected chi connectivity index (χ4v) is 5.19. The second-order valence-corrected chi connectivity index (χ2v) is 9.27. The van der Waals surface area contributed by atoms with Gasteiger partial charge in [-0.25, -0.2) is 0 Å². The number of hydrogen-bond acceptors (Lipinski definition) is 4. The fraction of sp³-hybridized carbons (Fsp3) is 0.375. The zero-order valence-electron chi connectivity index (χ0n) is 18.1. The second kappa shape index (κ2) is 8.84. The number of anilines is 1. The Morgan fingerprint density at radius 1 is 1.15 bits per heavy atom. The molecule has 0 radical (unpaired) electrons. The number of hydrogen-bond donors (Lipinski definition) is 1. The molecule has 10 heteroatoms. The quantitative estimate of drug-likeness (QED) is 0.697. The van der Waals surface area contributed by atoms with Crippen LogP contribution in [0.1, 0.15) is 40.7 Å². The van der Waals surface area contributed by atoms with E-state index in [2.05, 4.69) is 0 Å². The first-order chi connectivity index (χ1) is 16.0. The maximum absolute atomic E-state index is 13.4. The summed E-state index contributed by atoms with van der Waals surface area (Å²) in [6.07, 6.45) is -3.08. The lowest BCUT2D eigenvalue weighted by Crippen LogP contribution is -2.44. The SMILES string of the molecule is N#Cc1ccc(N2CCC3(CC2)CC(C(N)=O)N(C(=O)c2ccccc2Cl)C3)cc1C(F)(F)F. The Hall–Kier alpha value is -3.25. The summed E-state index contributed by atoms with van der Waals surface area (Å²) >= 11 is 6.18. The summed E-state index contributed by atoms with van der Waals surface area (Å²) in [6, 6.07) is 11.1. The first-order valence-electron chi connectivity index (χ1n) is 10.8. The average molecular weight is 491 g/mol. The zero-order chi connectivity index (χ0) is 24.7. The Balaban J connectivity index is 1.53. The monoisotopic (exact) mass is 490 g/mol. The van der Waals surface area contributed by atoms with Crippen LogP contribution in [-0.2, 0) is 11.0 Å². The molecule has 1 atom stereocenters. The molecule has 2 aromatic carbocycles. The maximum Gasteiger partial charge on any atom is 0.417 e. The van der Waals surface area contributed by atoms with Crippen LogP contribution in [-0.4, -0.2) is 42.4 Å². The van der Waals surface area contributed by atoms with Crippen LogP contribution in [0.2, 0.25) is 5.02 Å². The molecule has 1 unspecified atom stereocenters. The number of carbonyl (C=O) groups is 2. The fourth-order valence-electron chi connectivity index (χ4n) is 4.98.